The van der Waals surface area contributed by atoms with Crippen molar-refractivity contribution in [3.05, 3.63) is 30.2 Å². The van der Waals surface area contributed by atoms with Crippen LogP contribution in [0.2, 0.25) is 0 Å². The van der Waals surface area contributed by atoms with Gasteiger partial charge in [-0.1, -0.05) is 12.1 Å². The second kappa shape index (κ2) is 5.45. The Morgan fingerprint density at radius 1 is 1.18 bits per heavy atom. The third-order valence-electron chi connectivity index (χ3n) is 3.39. The molecule has 1 fully saturated rings. The Morgan fingerprint density at radius 3 is 2.91 bits per heavy atom. The van der Waals surface area contributed by atoms with Crippen molar-refractivity contribution < 1.29 is 13.6 Å². The summed E-state index contributed by atoms with van der Waals surface area (Å²) in [5.41, 5.74) is 1.50. The Kier molecular flexibility index (Phi) is 3.30. The SMILES string of the molecule is O=C1CCCN1Cc1nnc(Sc2nc3ccccc3o2)o1. The molecule has 1 saturated heterocycles. The van der Waals surface area contributed by atoms with Gasteiger partial charge in [0.15, 0.2) is 5.58 Å². The zero-order valence-electron chi connectivity index (χ0n) is 11.6. The molecule has 3 heterocycles. The molecule has 0 spiro atoms. The first-order valence-corrected chi connectivity index (χ1v) is 7.73. The van der Waals surface area contributed by atoms with Crippen LogP contribution in [-0.4, -0.2) is 32.5 Å². The highest BCUT2D eigenvalue weighted by Gasteiger charge is 2.22. The number of oxazole rings is 1. The molecule has 0 unspecified atom stereocenters. The lowest BCUT2D eigenvalue weighted by Crippen LogP contribution is -2.23. The summed E-state index contributed by atoms with van der Waals surface area (Å²) in [6.45, 7) is 1.11. The molecule has 4 rings (SSSR count). The van der Waals surface area contributed by atoms with Gasteiger partial charge in [0.05, 0.1) is 6.54 Å². The van der Waals surface area contributed by atoms with Crippen molar-refractivity contribution in [1.82, 2.24) is 20.1 Å². The summed E-state index contributed by atoms with van der Waals surface area (Å²) in [5, 5.41) is 8.73. The number of hydrogen-bond donors (Lipinski definition) is 0. The summed E-state index contributed by atoms with van der Waals surface area (Å²) in [5.74, 6) is 0.556. The minimum atomic E-state index is 0.131. The van der Waals surface area contributed by atoms with E-state index in [0.717, 1.165) is 18.5 Å². The number of fused-ring (bicyclic) bond motifs is 1. The van der Waals surface area contributed by atoms with Gasteiger partial charge < -0.3 is 13.7 Å². The number of nitrogens with zero attached hydrogens (tertiary/aromatic N) is 4. The third-order valence-corrected chi connectivity index (χ3v) is 4.08. The van der Waals surface area contributed by atoms with Crippen molar-refractivity contribution in [2.45, 2.75) is 29.8 Å². The number of likely N-dealkylation sites (tertiary alicyclic amines) is 1. The lowest BCUT2D eigenvalue weighted by Gasteiger charge is -2.11. The first-order chi connectivity index (χ1) is 10.8. The summed E-state index contributed by atoms with van der Waals surface area (Å²) >= 11 is 1.17. The van der Waals surface area contributed by atoms with Crippen LogP contribution in [0, 0.1) is 0 Å². The highest BCUT2D eigenvalue weighted by molar-refractivity contribution is 7.98. The van der Waals surface area contributed by atoms with Crippen molar-refractivity contribution in [2.24, 2.45) is 0 Å². The van der Waals surface area contributed by atoms with Gasteiger partial charge in [-0.05, 0) is 18.6 Å². The molecule has 0 atom stereocenters. The molecular weight excluding hydrogens is 304 g/mol. The van der Waals surface area contributed by atoms with Crippen LogP contribution >= 0.6 is 11.8 Å². The normalized spacial score (nSPS) is 15.1. The Labute approximate surface area is 129 Å². The molecule has 0 radical (unpaired) electrons. The first-order valence-electron chi connectivity index (χ1n) is 6.91. The lowest BCUT2D eigenvalue weighted by molar-refractivity contribution is -0.128. The van der Waals surface area contributed by atoms with Crippen LogP contribution in [0.3, 0.4) is 0 Å². The van der Waals surface area contributed by atoms with Crippen LogP contribution in [0.5, 0.6) is 0 Å². The van der Waals surface area contributed by atoms with Crippen molar-refractivity contribution in [3.63, 3.8) is 0 Å². The number of para-hydroxylation sites is 2. The smallest absolute Gasteiger partial charge is 0.286 e. The van der Waals surface area contributed by atoms with Gasteiger partial charge in [-0.15, -0.1) is 10.2 Å². The van der Waals surface area contributed by atoms with Gasteiger partial charge in [0, 0.05) is 24.7 Å². The molecule has 3 aromatic rings. The summed E-state index contributed by atoms with van der Waals surface area (Å²) in [6.07, 6.45) is 1.48. The van der Waals surface area contributed by atoms with E-state index >= 15 is 0 Å². The predicted molar refractivity (Wildman–Crippen MR) is 77.1 cm³/mol. The van der Waals surface area contributed by atoms with E-state index in [1.165, 1.54) is 11.8 Å². The molecule has 0 N–H and O–H groups in total. The quantitative estimate of drug-likeness (QED) is 0.731. The summed E-state index contributed by atoms with van der Waals surface area (Å²) < 4.78 is 11.1. The standard InChI is InChI=1S/C14H12N4O3S/c19-12-6-3-7-18(12)8-11-16-17-14(21-11)22-13-15-9-4-1-2-5-10(9)20-13/h1-2,4-5H,3,6-8H2. The Bertz CT molecular complexity index is 795. The van der Waals surface area contributed by atoms with Crippen molar-refractivity contribution in [2.75, 3.05) is 6.54 Å². The van der Waals surface area contributed by atoms with Crippen LogP contribution in [0.1, 0.15) is 18.7 Å². The van der Waals surface area contributed by atoms with E-state index in [4.69, 9.17) is 8.83 Å². The highest BCUT2D eigenvalue weighted by Crippen LogP contribution is 2.29. The number of hydrogen-bond acceptors (Lipinski definition) is 7. The fraction of sp³-hybridized carbons (Fsp3) is 0.286. The average Bonchev–Trinajstić information content (AvgIpc) is 3.21. The van der Waals surface area contributed by atoms with Crippen LogP contribution in [-0.2, 0) is 11.3 Å². The van der Waals surface area contributed by atoms with Gasteiger partial charge in [-0.2, -0.15) is 0 Å². The molecule has 1 aliphatic rings. The average molecular weight is 316 g/mol. The topological polar surface area (TPSA) is 85.3 Å². The van der Waals surface area contributed by atoms with Crippen LogP contribution in [0.4, 0.5) is 0 Å². The third kappa shape index (κ3) is 2.57. The van der Waals surface area contributed by atoms with Crippen molar-refractivity contribution in [1.29, 1.82) is 0 Å². The molecule has 0 bridgehead atoms. The lowest BCUT2D eigenvalue weighted by atomic mass is 10.3. The number of carbonyl (C=O) groups excluding carboxylic acids is 1. The molecular formula is C14H12N4O3S. The van der Waals surface area contributed by atoms with Gasteiger partial charge in [0.25, 0.3) is 10.4 Å². The number of carbonyl (C=O) groups is 1. The highest BCUT2D eigenvalue weighted by atomic mass is 32.2. The number of rotatable bonds is 4. The zero-order chi connectivity index (χ0) is 14.9. The van der Waals surface area contributed by atoms with E-state index in [1.54, 1.807) is 4.90 Å². The second-order valence-electron chi connectivity index (χ2n) is 4.93. The maximum atomic E-state index is 11.6. The Morgan fingerprint density at radius 2 is 2.09 bits per heavy atom. The molecule has 1 aromatic carbocycles. The van der Waals surface area contributed by atoms with Gasteiger partial charge >= 0.3 is 0 Å². The maximum Gasteiger partial charge on any atom is 0.286 e. The first kappa shape index (κ1) is 13.3. The number of aromatic nitrogens is 3. The van der Waals surface area contributed by atoms with Crippen molar-refractivity contribution >= 4 is 28.8 Å². The van der Waals surface area contributed by atoms with Gasteiger partial charge in [-0.25, -0.2) is 4.98 Å². The summed E-state index contributed by atoms with van der Waals surface area (Å²) in [4.78, 5) is 17.6. The van der Waals surface area contributed by atoms with E-state index in [-0.39, 0.29) is 5.91 Å². The Balaban J connectivity index is 1.48. The molecule has 2 aromatic heterocycles. The molecule has 22 heavy (non-hydrogen) atoms. The maximum absolute atomic E-state index is 11.6. The molecule has 7 nitrogen and oxygen atoms in total. The minimum absolute atomic E-state index is 0.131. The molecule has 1 aliphatic heterocycles. The van der Waals surface area contributed by atoms with E-state index < -0.39 is 0 Å². The Hall–Kier alpha value is -2.35. The van der Waals surface area contributed by atoms with E-state index in [9.17, 15) is 4.79 Å². The van der Waals surface area contributed by atoms with Crippen LogP contribution in [0.15, 0.2) is 43.5 Å². The minimum Gasteiger partial charge on any atom is -0.431 e. The predicted octanol–water partition coefficient (Wildman–Crippen LogP) is 2.48. The molecule has 0 aliphatic carbocycles. The number of benzene rings is 1. The van der Waals surface area contributed by atoms with Gasteiger partial charge in [0.2, 0.25) is 11.8 Å². The van der Waals surface area contributed by atoms with Crippen LogP contribution in [0.25, 0.3) is 11.1 Å². The summed E-state index contributed by atoms with van der Waals surface area (Å²) in [6, 6.07) is 7.52. The van der Waals surface area contributed by atoms with Gasteiger partial charge in [-0.3, -0.25) is 4.79 Å². The molecule has 0 saturated carbocycles. The van der Waals surface area contributed by atoms with E-state index in [0.29, 0.717) is 34.9 Å². The monoisotopic (exact) mass is 316 g/mol. The summed E-state index contributed by atoms with van der Waals surface area (Å²) in [7, 11) is 0. The van der Waals surface area contributed by atoms with E-state index in [1.807, 2.05) is 24.3 Å². The zero-order valence-corrected chi connectivity index (χ0v) is 12.4. The van der Waals surface area contributed by atoms with Crippen molar-refractivity contribution in [3.8, 4) is 0 Å². The largest absolute Gasteiger partial charge is 0.431 e. The second-order valence-corrected chi connectivity index (χ2v) is 5.83. The molecule has 112 valence electrons. The van der Waals surface area contributed by atoms with Crippen LogP contribution < -0.4 is 0 Å². The fourth-order valence-corrected chi connectivity index (χ4v) is 2.99. The fourth-order valence-electron chi connectivity index (χ4n) is 2.35. The van der Waals surface area contributed by atoms with Gasteiger partial charge in [0.1, 0.15) is 5.52 Å². The molecule has 1 amide bonds. The van der Waals surface area contributed by atoms with E-state index in [2.05, 4.69) is 15.2 Å². The molecule has 8 heteroatoms. The number of amides is 1.